The molecule has 8 radical (unpaired) electrons. The Bertz CT molecular complexity index is 79.7. The molecule has 88 valence electrons. The summed E-state index contributed by atoms with van der Waals surface area (Å²) in [5.41, 5.74) is 0. The summed E-state index contributed by atoms with van der Waals surface area (Å²) < 4.78 is 0. The third-order valence-electron chi connectivity index (χ3n) is 1.50. The van der Waals surface area contributed by atoms with Crippen LogP contribution < -0.4 is 0 Å². The van der Waals surface area contributed by atoms with Crippen molar-refractivity contribution in [2.45, 2.75) is 25.7 Å². The quantitative estimate of drug-likeness (QED) is 0.419. The van der Waals surface area contributed by atoms with E-state index in [9.17, 15) is 0 Å². The molecule has 0 bridgehead atoms. The van der Waals surface area contributed by atoms with E-state index >= 15 is 0 Å². The van der Waals surface area contributed by atoms with E-state index in [0.717, 1.165) is 25.7 Å². The predicted molar refractivity (Wildman–Crippen MR) is 66.7 cm³/mol. The summed E-state index contributed by atoms with van der Waals surface area (Å²) in [6.07, 6.45) is 16.8. The van der Waals surface area contributed by atoms with Gasteiger partial charge < -0.3 is 0 Å². The second-order valence-electron chi connectivity index (χ2n) is 2.62. The first-order valence-electron chi connectivity index (χ1n) is 4.72. The van der Waals surface area contributed by atoms with Crippen molar-refractivity contribution in [2.24, 2.45) is 0 Å². The molecule has 15 heavy (non-hydrogen) atoms. The van der Waals surface area contributed by atoms with Gasteiger partial charge in [0.1, 0.15) is 0 Å². The molecular weight excluding hydrogens is 316 g/mol. The molecule has 0 amide bonds. The van der Waals surface area contributed by atoms with Crippen molar-refractivity contribution in [1.82, 2.24) is 0 Å². The van der Waals surface area contributed by atoms with Crippen LogP contribution in [0.3, 0.4) is 0 Å². The first kappa shape index (κ1) is 18.6. The standard InChI is InChI=1S/C12H18.2ClH.Ru/c1-3-5-7-9-11-12-10-8-6-4-2;;;/h3-6,11-12H,1-2,7-10H2;2*1H;/q;;;+2/p-2. The third-order valence-corrected chi connectivity index (χ3v) is 1.50. The fourth-order valence-electron chi connectivity index (χ4n) is 0.856. The maximum absolute atomic E-state index is 4.85. The van der Waals surface area contributed by atoms with Crippen LogP contribution in [0.15, 0.2) is 0 Å². The van der Waals surface area contributed by atoms with Crippen molar-refractivity contribution in [2.75, 3.05) is 0 Å². The molecule has 0 spiro atoms. The first-order valence-corrected chi connectivity index (χ1v) is 9.19. The Morgan fingerprint density at radius 1 is 0.733 bits per heavy atom. The summed E-state index contributed by atoms with van der Waals surface area (Å²) in [7, 11) is 9.71. The summed E-state index contributed by atoms with van der Waals surface area (Å²) in [5.74, 6) is 0. The molecule has 0 aromatic heterocycles. The minimum absolute atomic E-state index is 0.346. The van der Waals surface area contributed by atoms with Gasteiger partial charge in [-0.3, -0.25) is 0 Å². The topological polar surface area (TPSA) is 0 Å². The molecule has 0 aliphatic heterocycles. The number of hydrogen-bond acceptors (Lipinski definition) is 0. The van der Waals surface area contributed by atoms with Gasteiger partial charge in [-0.05, 0) is 78.1 Å². The predicted octanol–water partition coefficient (Wildman–Crippen LogP) is 4.82. The van der Waals surface area contributed by atoms with Gasteiger partial charge in [0, 0.05) is 0 Å². The van der Waals surface area contributed by atoms with Crippen LogP contribution in [0.25, 0.3) is 0 Å². The summed E-state index contributed by atoms with van der Waals surface area (Å²) in [6.45, 7) is 7.25. The van der Waals surface area contributed by atoms with Gasteiger partial charge in [-0.25, -0.2) is 0 Å². The Kier molecular flexibility index (Phi) is 25.5. The molecule has 0 aliphatic carbocycles. The molecule has 0 aliphatic rings. The van der Waals surface area contributed by atoms with E-state index in [-0.39, 0.29) is 15.1 Å². The second kappa shape index (κ2) is 20.6. The molecule has 0 unspecified atom stereocenters. The van der Waals surface area contributed by atoms with Crippen molar-refractivity contribution in [3.63, 3.8) is 0 Å². The Balaban J connectivity index is 0. The van der Waals surface area contributed by atoms with Gasteiger partial charge in [0.2, 0.25) is 0 Å². The van der Waals surface area contributed by atoms with E-state index in [1.807, 2.05) is 12.8 Å². The molecule has 0 rings (SSSR count). The van der Waals surface area contributed by atoms with Gasteiger partial charge in [0.15, 0.2) is 0 Å². The van der Waals surface area contributed by atoms with Crippen LogP contribution in [0.2, 0.25) is 0 Å². The number of rotatable bonds is 9. The van der Waals surface area contributed by atoms with Gasteiger partial charge in [-0.15, -0.1) is 0 Å². The number of halogens is 2. The normalized spacial score (nSPS) is 9.87. The molecule has 0 aromatic rings. The third kappa shape index (κ3) is 25.5. The van der Waals surface area contributed by atoms with Crippen LogP contribution in [0, 0.1) is 52.4 Å². The van der Waals surface area contributed by atoms with Crippen LogP contribution >= 0.6 is 19.4 Å². The van der Waals surface area contributed by atoms with Gasteiger partial charge in [0.25, 0.3) is 0 Å². The molecule has 0 N–H and O–H groups in total. The Morgan fingerprint density at radius 2 is 1.00 bits per heavy atom. The van der Waals surface area contributed by atoms with Gasteiger partial charge >= 0.3 is 34.5 Å². The summed E-state index contributed by atoms with van der Waals surface area (Å²) in [4.78, 5) is 0. The second-order valence-corrected chi connectivity index (χ2v) is 5.26. The number of unbranched alkanes of at least 4 members (excludes halogenated alkanes) is 9. The molecule has 0 heterocycles. The summed E-state index contributed by atoms with van der Waals surface area (Å²) in [6, 6.07) is 0. The van der Waals surface area contributed by atoms with Gasteiger partial charge in [-0.1, -0.05) is 0 Å². The Morgan fingerprint density at radius 3 is 1.27 bits per heavy atom. The fraction of sp³-hybridized carbons (Fsp3) is 0.333. The Labute approximate surface area is 112 Å². The molecule has 0 fully saturated rings. The first-order chi connectivity index (χ1) is 7.33. The zero-order chi connectivity index (χ0) is 11.8. The van der Waals surface area contributed by atoms with Crippen molar-refractivity contribution in [3.8, 4) is 0 Å². The number of hydrogen-bond donors (Lipinski definition) is 0. The maximum atomic E-state index is 4.85. The van der Waals surface area contributed by atoms with E-state index in [2.05, 4.69) is 39.5 Å². The van der Waals surface area contributed by atoms with E-state index in [0.29, 0.717) is 0 Å². The SMILES string of the molecule is [CH2][CH][CH]CC[CH][CH]CC[CH][CH][CH2].[Cl][Ru][Cl]. The minimum atomic E-state index is -0.346. The molecule has 3 heteroatoms. The van der Waals surface area contributed by atoms with Crippen LogP contribution in [0.4, 0.5) is 0 Å². The molecule has 0 atom stereocenters. The Hall–Kier alpha value is 1.20. The average Bonchev–Trinajstić information content (AvgIpc) is 2.23. The van der Waals surface area contributed by atoms with E-state index < -0.39 is 0 Å². The summed E-state index contributed by atoms with van der Waals surface area (Å²) in [5, 5.41) is 0. The fourth-order valence-corrected chi connectivity index (χ4v) is 0.856. The molecular formula is C12H18Cl2Ru. The monoisotopic (exact) mass is 334 g/mol. The molecule has 0 aromatic carbocycles. The summed E-state index contributed by atoms with van der Waals surface area (Å²) >= 11 is -0.346. The van der Waals surface area contributed by atoms with Crippen molar-refractivity contribution in [3.05, 3.63) is 52.4 Å². The van der Waals surface area contributed by atoms with E-state index in [4.69, 9.17) is 19.4 Å². The molecule has 0 nitrogen and oxygen atoms in total. The van der Waals surface area contributed by atoms with Crippen molar-refractivity contribution >= 4 is 19.4 Å². The van der Waals surface area contributed by atoms with Crippen LogP contribution in [0.1, 0.15) is 25.7 Å². The van der Waals surface area contributed by atoms with Gasteiger partial charge in [-0.2, -0.15) is 0 Å². The van der Waals surface area contributed by atoms with E-state index in [1.165, 1.54) is 0 Å². The van der Waals surface area contributed by atoms with E-state index in [1.54, 1.807) is 0 Å². The zero-order valence-electron chi connectivity index (χ0n) is 8.82. The van der Waals surface area contributed by atoms with Crippen molar-refractivity contribution < 1.29 is 15.1 Å². The van der Waals surface area contributed by atoms with Crippen molar-refractivity contribution in [1.29, 1.82) is 0 Å². The zero-order valence-corrected chi connectivity index (χ0v) is 12.1. The molecule has 0 saturated heterocycles. The van der Waals surface area contributed by atoms with Crippen LogP contribution in [-0.4, -0.2) is 0 Å². The van der Waals surface area contributed by atoms with Gasteiger partial charge in [0.05, 0.1) is 0 Å². The van der Waals surface area contributed by atoms with Crippen LogP contribution in [0.5, 0.6) is 0 Å². The molecule has 0 saturated carbocycles. The average molecular weight is 334 g/mol. The van der Waals surface area contributed by atoms with Crippen LogP contribution in [-0.2, 0) is 15.1 Å².